The van der Waals surface area contributed by atoms with Gasteiger partial charge in [-0.3, -0.25) is 9.59 Å². The Morgan fingerprint density at radius 3 is 0.923 bits per heavy atom. The van der Waals surface area contributed by atoms with Crippen molar-refractivity contribution in [1.29, 1.82) is 1.43 Å². The highest BCUT2D eigenvalue weighted by atomic mass is 16.4. The monoisotopic (exact) mass is 371 g/mol. The number of carboxylic acid groups (broad SMARTS) is 2. The van der Waals surface area contributed by atoms with Crippen LogP contribution in [0.2, 0.25) is 0 Å². The molecule has 0 spiro atoms. The van der Waals surface area contributed by atoms with Gasteiger partial charge < -0.3 is 10.2 Å². The van der Waals surface area contributed by atoms with E-state index in [0.717, 1.165) is 25.7 Å². The molecule has 0 heterocycles. The molecule has 0 aliphatic heterocycles. The lowest BCUT2D eigenvalue weighted by Gasteiger charge is -2.03. The zero-order chi connectivity index (χ0) is 20.0. The fourth-order valence-electron chi connectivity index (χ4n) is 3.37. The summed E-state index contributed by atoms with van der Waals surface area (Å²) >= 11 is 0. The van der Waals surface area contributed by atoms with Crippen LogP contribution in [0.3, 0.4) is 0 Å². The van der Waals surface area contributed by atoms with Crippen LogP contribution in [0.5, 0.6) is 0 Å². The number of carbonyl (C=O) groups is 2. The standard InChI is InChI=1S/C22H42O4/c23-21(24)19-17-15-13-11-9-7-5-3-1-2-4-6-8-10-12-14-16-18-20-22(25)26/h1-20H2,(H,23,24)(H,25,26)/i/hD. The third-order valence-corrected chi connectivity index (χ3v) is 5.02. The number of rotatable bonds is 21. The molecule has 0 aromatic rings. The maximum Gasteiger partial charge on any atom is 0.303 e. The molecule has 0 unspecified atom stereocenters. The molecule has 0 rings (SSSR count). The largest absolute Gasteiger partial charge is 0.481 e. The van der Waals surface area contributed by atoms with E-state index in [0.29, 0.717) is 12.8 Å². The Kier molecular flexibility index (Phi) is 17.9. The van der Waals surface area contributed by atoms with Gasteiger partial charge in [0, 0.05) is 12.8 Å². The van der Waals surface area contributed by atoms with Crippen LogP contribution in [0.4, 0.5) is 0 Å². The van der Waals surface area contributed by atoms with Crippen LogP contribution in [0, 0.1) is 0 Å². The average molecular weight is 372 g/mol. The summed E-state index contributed by atoms with van der Waals surface area (Å²) in [6, 6.07) is 0. The predicted octanol–water partition coefficient (Wildman–Crippen LogP) is 6.96. The number of hydrogen-bond donors (Lipinski definition) is 2. The van der Waals surface area contributed by atoms with Gasteiger partial charge >= 0.3 is 11.9 Å². The van der Waals surface area contributed by atoms with Gasteiger partial charge in [-0.2, -0.15) is 0 Å². The van der Waals surface area contributed by atoms with Crippen LogP contribution >= 0.6 is 0 Å². The van der Waals surface area contributed by atoms with Gasteiger partial charge in [0.05, 0.1) is 0 Å². The minimum atomic E-state index is -0.670. The first kappa shape index (κ1) is 23.0. The molecule has 0 aromatic heterocycles. The van der Waals surface area contributed by atoms with Gasteiger partial charge in [-0.25, -0.2) is 0 Å². The second kappa shape index (κ2) is 20.3. The van der Waals surface area contributed by atoms with Crippen LogP contribution in [-0.2, 0) is 9.59 Å². The van der Waals surface area contributed by atoms with Crippen LogP contribution in [-0.4, -0.2) is 22.2 Å². The summed E-state index contributed by atoms with van der Waals surface area (Å²) in [4.78, 5) is 21.2. The fourth-order valence-corrected chi connectivity index (χ4v) is 3.37. The van der Waals surface area contributed by atoms with Crippen molar-refractivity contribution in [2.45, 2.75) is 128 Å². The van der Waals surface area contributed by atoms with E-state index in [2.05, 4.69) is 5.11 Å². The topological polar surface area (TPSA) is 74.6 Å². The quantitative estimate of drug-likeness (QED) is 0.214. The highest BCUT2D eigenvalue weighted by Gasteiger charge is 1.98. The Morgan fingerprint density at radius 1 is 0.462 bits per heavy atom. The zero-order valence-electron chi connectivity index (χ0n) is 17.8. The normalized spacial score (nSPS) is 11.3. The molecule has 4 nitrogen and oxygen atoms in total. The van der Waals surface area contributed by atoms with Crippen molar-refractivity contribution in [3.8, 4) is 0 Å². The number of hydrogen-bond acceptors (Lipinski definition) is 3. The number of unbranched alkanes of at least 4 members (excludes halogenated alkanes) is 17. The molecule has 0 radical (unpaired) electrons. The Morgan fingerprint density at radius 2 is 0.692 bits per heavy atom. The average Bonchev–Trinajstić information content (AvgIpc) is 2.65. The molecule has 0 saturated heterocycles. The zero-order valence-corrected chi connectivity index (χ0v) is 16.8. The van der Waals surface area contributed by atoms with Crippen molar-refractivity contribution >= 4 is 11.9 Å². The van der Waals surface area contributed by atoms with Crippen molar-refractivity contribution in [1.82, 2.24) is 0 Å². The lowest BCUT2D eigenvalue weighted by Crippen LogP contribution is -1.93. The van der Waals surface area contributed by atoms with E-state index >= 15 is 0 Å². The third-order valence-electron chi connectivity index (χ3n) is 5.02. The highest BCUT2D eigenvalue weighted by molar-refractivity contribution is 5.66. The molecule has 0 aliphatic carbocycles. The van der Waals surface area contributed by atoms with Gasteiger partial charge in [-0.1, -0.05) is 103 Å². The lowest BCUT2D eigenvalue weighted by molar-refractivity contribution is -0.138. The molecule has 0 aliphatic rings. The molecular weight excluding hydrogens is 328 g/mol. The molecule has 0 fully saturated rings. The van der Waals surface area contributed by atoms with Crippen molar-refractivity contribution in [3.05, 3.63) is 0 Å². The second-order valence-electron chi connectivity index (χ2n) is 7.63. The first-order valence-corrected chi connectivity index (χ1v) is 11.0. The maximum atomic E-state index is 10.8. The fraction of sp³-hybridized carbons (Fsp3) is 0.909. The molecule has 0 amide bonds. The van der Waals surface area contributed by atoms with Crippen molar-refractivity contribution in [3.63, 3.8) is 0 Å². The van der Waals surface area contributed by atoms with E-state index in [9.17, 15) is 9.59 Å². The molecule has 0 bridgehead atoms. The summed E-state index contributed by atoms with van der Waals surface area (Å²) in [6.45, 7) is 0. The van der Waals surface area contributed by atoms with E-state index in [1.165, 1.54) is 89.9 Å². The Hall–Kier alpha value is -1.06. The summed E-state index contributed by atoms with van der Waals surface area (Å²) in [5.41, 5.74) is 0. The van der Waals surface area contributed by atoms with Gasteiger partial charge in [-0.05, 0) is 12.8 Å². The first-order valence-electron chi connectivity index (χ1n) is 11.5. The van der Waals surface area contributed by atoms with E-state index < -0.39 is 11.9 Å². The molecule has 2 N–H and O–H groups in total. The van der Waals surface area contributed by atoms with E-state index in [-0.39, 0.29) is 0 Å². The highest BCUT2D eigenvalue weighted by Crippen LogP contribution is 2.14. The van der Waals surface area contributed by atoms with E-state index in [1.807, 2.05) is 0 Å². The van der Waals surface area contributed by atoms with Crippen molar-refractivity contribution < 1.29 is 19.8 Å². The van der Waals surface area contributed by atoms with Gasteiger partial charge in [0.25, 0.3) is 1.43 Å². The van der Waals surface area contributed by atoms with Gasteiger partial charge in [0.1, 0.15) is 0 Å². The van der Waals surface area contributed by atoms with Crippen molar-refractivity contribution in [2.24, 2.45) is 0 Å². The van der Waals surface area contributed by atoms with Crippen LogP contribution in [0.25, 0.3) is 1.43 Å². The molecule has 4 heteroatoms. The van der Waals surface area contributed by atoms with Crippen molar-refractivity contribution in [2.75, 3.05) is 0 Å². The second-order valence-corrected chi connectivity index (χ2v) is 7.63. The number of carboxylic acids is 2. The summed E-state index contributed by atoms with van der Waals surface area (Å²) in [5.74, 6) is -1.08. The van der Waals surface area contributed by atoms with E-state index in [1.54, 1.807) is 0 Å². The molecular formula is C22H42O4. The summed E-state index contributed by atoms with van der Waals surface area (Å²) in [6.07, 6.45) is 22.8. The van der Waals surface area contributed by atoms with Crippen LogP contribution in [0.1, 0.15) is 128 Å². The van der Waals surface area contributed by atoms with Crippen LogP contribution in [0.15, 0.2) is 0 Å². The first-order chi connectivity index (χ1) is 13.2. The van der Waals surface area contributed by atoms with Gasteiger partial charge in [0.2, 0.25) is 0 Å². The Bertz CT molecular complexity index is 347. The van der Waals surface area contributed by atoms with Crippen LogP contribution < -0.4 is 0 Å². The smallest absolute Gasteiger partial charge is 0.303 e. The number of aliphatic carboxylic acids is 2. The molecule has 0 saturated carbocycles. The van der Waals surface area contributed by atoms with Gasteiger partial charge in [0.15, 0.2) is 0 Å². The summed E-state index contributed by atoms with van der Waals surface area (Å²) in [7, 11) is 0. The Balaban J connectivity index is 3.03. The third kappa shape index (κ3) is 22.9. The summed E-state index contributed by atoms with van der Waals surface area (Å²) in [5, 5.41) is 12.5. The summed E-state index contributed by atoms with van der Waals surface area (Å²) < 4.78 is 6.47. The lowest BCUT2D eigenvalue weighted by atomic mass is 10.0. The maximum absolute atomic E-state index is 10.8. The Labute approximate surface area is 162 Å². The SMILES string of the molecule is [2H]OC(=O)CCCCCCCCCCCCCCCCCCCCC(=O)O. The molecule has 0 aromatic carbocycles. The van der Waals surface area contributed by atoms with Gasteiger partial charge in [-0.15, -0.1) is 0 Å². The molecule has 154 valence electrons. The minimum absolute atomic E-state index is 0.325. The predicted molar refractivity (Wildman–Crippen MR) is 108 cm³/mol. The minimum Gasteiger partial charge on any atom is -0.481 e. The molecule has 0 atom stereocenters. The van der Waals surface area contributed by atoms with E-state index in [4.69, 9.17) is 6.54 Å². The molecule has 26 heavy (non-hydrogen) atoms.